The molecule has 1 saturated heterocycles. The summed E-state index contributed by atoms with van der Waals surface area (Å²) in [7, 11) is 0. The Hall–Kier alpha value is -0.570. The lowest BCUT2D eigenvalue weighted by Crippen LogP contribution is -2.53. The predicted octanol–water partition coefficient (Wildman–Crippen LogP) is 1.55. The lowest BCUT2D eigenvalue weighted by molar-refractivity contribution is -0.141. The molecule has 1 aliphatic carbocycles. The van der Waals surface area contributed by atoms with Crippen LogP contribution in [-0.4, -0.2) is 35.1 Å². The van der Waals surface area contributed by atoms with E-state index in [1.807, 2.05) is 0 Å². The fourth-order valence-corrected chi connectivity index (χ4v) is 2.62. The topological polar surface area (TPSA) is 40.5 Å². The number of aliphatic hydroxyl groups excluding tert-OH is 1. The van der Waals surface area contributed by atoms with Crippen LogP contribution in [0.5, 0.6) is 0 Å². The molecule has 0 spiro atoms. The van der Waals surface area contributed by atoms with Gasteiger partial charge in [0, 0.05) is 19.5 Å². The molecule has 1 amide bonds. The van der Waals surface area contributed by atoms with Crippen LogP contribution in [0, 0.1) is 5.92 Å². The molecule has 0 atom stereocenters. The van der Waals surface area contributed by atoms with Crippen LogP contribution in [0.15, 0.2) is 0 Å². The molecule has 1 heterocycles. The van der Waals surface area contributed by atoms with E-state index in [-0.39, 0.29) is 12.0 Å². The van der Waals surface area contributed by atoms with Crippen LogP contribution in [0.4, 0.5) is 0 Å². The standard InChI is InChI=1S/C12H21NO2/c14-11-8-13(9-11)12(15)7-6-10-4-2-1-3-5-10/h10-11,14H,1-9H2. The molecule has 0 unspecified atom stereocenters. The van der Waals surface area contributed by atoms with Crippen LogP contribution in [0.2, 0.25) is 0 Å². The van der Waals surface area contributed by atoms with Crippen molar-refractivity contribution in [2.24, 2.45) is 5.92 Å². The van der Waals surface area contributed by atoms with Crippen molar-refractivity contribution in [3.8, 4) is 0 Å². The fourth-order valence-electron chi connectivity index (χ4n) is 2.62. The molecule has 0 aromatic carbocycles. The van der Waals surface area contributed by atoms with E-state index < -0.39 is 0 Å². The maximum absolute atomic E-state index is 11.6. The van der Waals surface area contributed by atoms with E-state index in [1.165, 1.54) is 32.1 Å². The molecule has 0 bridgehead atoms. The molecular formula is C12H21NO2. The minimum absolute atomic E-state index is 0.242. The minimum atomic E-state index is -0.261. The van der Waals surface area contributed by atoms with Crippen LogP contribution in [0.1, 0.15) is 44.9 Å². The first-order valence-electron chi connectivity index (χ1n) is 6.21. The molecule has 2 fully saturated rings. The van der Waals surface area contributed by atoms with Gasteiger partial charge in [-0.1, -0.05) is 32.1 Å². The highest BCUT2D eigenvalue weighted by Crippen LogP contribution is 2.27. The third kappa shape index (κ3) is 2.94. The van der Waals surface area contributed by atoms with Crippen molar-refractivity contribution >= 4 is 5.91 Å². The zero-order valence-electron chi connectivity index (χ0n) is 9.32. The summed E-state index contributed by atoms with van der Waals surface area (Å²) in [6.07, 6.45) is 8.20. The van der Waals surface area contributed by atoms with E-state index in [4.69, 9.17) is 5.11 Å². The SMILES string of the molecule is O=C(CCC1CCCCC1)N1CC(O)C1. The highest BCUT2D eigenvalue weighted by Gasteiger charge is 2.28. The zero-order valence-corrected chi connectivity index (χ0v) is 9.32. The number of rotatable bonds is 3. The van der Waals surface area contributed by atoms with E-state index in [2.05, 4.69) is 0 Å². The second-order valence-electron chi connectivity index (χ2n) is 5.00. The molecule has 3 heteroatoms. The maximum Gasteiger partial charge on any atom is 0.222 e. The summed E-state index contributed by atoms with van der Waals surface area (Å²) in [5.41, 5.74) is 0. The lowest BCUT2D eigenvalue weighted by Gasteiger charge is -2.36. The number of nitrogens with zero attached hydrogens (tertiary/aromatic N) is 1. The third-order valence-corrected chi connectivity index (χ3v) is 3.71. The average molecular weight is 211 g/mol. The highest BCUT2D eigenvalue weighted by atomic mass is 16.3. The second kappa shape index (κ2) is 4.97. The first-order chi connectivity index (χ1) is 7.25. The van der Waals surface area contributed by atoms with Gasteiger partial charge in [-0.2, -0.15) is 0 Å². The molecule has 3 nitrogen and oxygen atoms in total. The largest absolute Gasteiger partial charge is 0.389 e. The van der Waals surface area contributed by atoms with Crippen LogP contribution in [0.3, 0.4) is 0 Å². The lowest BCUT2D eigenvalue weighted by atomic mass is 9.86. The van der Waals surface area contributed by atoms with E-state index in [1.54, 1.807) is 4.90 Å². The van der Waals surface area contributed by atoms with Crippen molar-refractivity contribution in [2.45, 2.75) is 51.0 Å². The molecule has 1 N–H and O–H groups in total. The number of β-amino-alcohol motifs (C(OH)–C–C–N with tert-alkyl or cyclic N) is 1. The maximum atomic E-state index is 11.6. The molecular weight excluding hydrogens is 190 g/mol. The van der Waals surface area contributed by atoms with Gasteiger partial charge in [0.25, 0.3) is 0 Å². The monoisotopic (exact) mass is 211 g/mol. The van der Waals surface area contributed by atoms with Gasteiger partial charge in [0.15, 0.2) is 0 Å². The Bertz CT molecular complexity index is 218. The number of carbonyl (C=O) groups is 1. The summed E-state index contributed by atoms with van der Waals surface area (Å²) in [6.45, 7) is 1.12. The van der Waals surface area contributed by atoms with E-state index in [0.717, 1.165) is 12.3 Å². The van der Waals surface area contributed by atoms with E-state index in [0.29, 0.717) is 19.5 Å². The number of carbonyl (C=O) groups excluding carboxylic acids is 1. The average Bonchev–Trinajstić information content (AvgIpc) is 2.23. The fraction of sp³-hybridized carbons (Fsp3) is 0.917. The van der Waals surface area contributed by atoms with E-state index in [9.17, 15) is 4.79 Å². The van der Waals surface area contributed by atoms with Gasteiger partial charge < -0.3 is 10.0 Å². The van der Waals surface area contributed by atoms with Crippen LogP contribution in [0.25, 0.3) is 0 Å². The quantitative estimate of drug-likeness (QED) is 0.769. The molecule has 0 radical (unpaired) electrons. The van der Waals surface area contributed by atoms with Crippen molar-refractivity contribution in [2.75, 3.05) is 13.1 Å². The van der Waals surface area contributed by atoms with Crippen molar-refractivity contribution in [3.05, 3.63) is 0 Å². The van der Waals surface area contributed by atoms with Gasteiger partial charge >= 0.3 is 0 Å². The smallest absolute Gasteiger partial charge is 0.222 e. The van der Waals surface area contributed by atoms with Gasteiger partial charge in [-0.15, -0.1) is 0 Å². The Labute approximate surface area is 91.5 Å². The van der Waals surface area contributed by atoms with Crippen LogP contribution < -0.4 is 0 Å². The Morgan fingerprint density at radius 3 is 2.47 bits per heavy atom. The first-order valence-corrected chi connectivity index (χ1v) is 6.21. The Balaban J connectivity index is 1.62. The number of aliphatic hydroxyl groups is 1. The Morgan fingerprint density at radius 1 is 1.20 bits per heavy atom. The van der Waals surface area contributed by atoms with E-state index >= 15 is 0 Å². The highest BCUT2D eigenvalue weighted by molar-refractivity contribution is 5.77. The van der Waals surface area contributed by atoms with Crippen molar-refractivity contribution in [1.29, 1.82) is 0 Å². The Morgan fingerprint density at radius 2 is 1.87 bits per heavy atom. The summed E-state index contributed by atoms with van der Waals surface area (Å²) in [5.74, 6) is 1.03. The number of hydrogen-bond donors (Lipinski definition) is 1. The second-order valence-corrected chi connectivity index (χ2v) is 5.00. The molecule has 2 aliphatic rings. The molecule has 15 heavy (non-hydrogen) atoms. The summed E-state index contributed by atoms with van der Waals surface area (Å²) in [4.78, 5) is 13.4. The van der Waals surface area contributed by atoms with Gasteiger partial charge in [0.1, 0.15) is 0 Å². The number of likely N-dealkylation sites (tertiary alicyclic amines) is 1. The predicted molar refractivity (Wildman–Crippen MR) is 58.4 cm³/mol. The van der Waals surface area contributed by atoms with Crippen molar-refractivity contribution in [1.82, 2.24) is 4.90 Å². The third-order valence-electron chi connectivity index (χ3n) is 3.71. The van der Waals surface area contributed by atoms with Gasteiger partial charge in [-0.3, -0.25) is 4.79 Å². The molecule has 0 aromatic rings. The molecule has 1 saturated carbocycles. The number of amides is 1. The van der Waals surface area contributed by atoms with Gasteiger partial charge in [-0.05, 0) is 12.3 Å². The molecule has 0 aromatic heterocycles. The van der Waals surface area contributed by atoms with Crippen molar-refractivity contribution in [3.63, 3.8) is 0 Å². The summed E-state index contributed by atoms with van der Waals surface area (Å²) < 4.78 is 0. The summed E-state index contributed by atoms with van der Waals surface area (Å²) in [6, 6.07) is 0. The Kier molecular flexibility index (Phi) is 3.62. The zero-order chi connectivity index (χ0) is 10.7. The van der Waals surface area contributed by atoms with Gasteiger partial charge in [0.05, 0.1) is 6.10 Å². The summed E-state index contributed by atoms with van der Waals surface area (Å²) >= 11 is 0. The first kappa shape index (κ1) is 10.9. The molecule has 86 valence electrons. The van der Waals surface area contributed by atoms with Crippen LogP contribution in [-0.2, 0) is 4.79 Å². The molecule has 2 rings (SSSR count). The van der Waals surface area contributed by atoms with Gasteiger partial charge in [0.2, 0.25) is 5.91 Å². The summed E-state index contributed by atoms with van der Waals surface area (Å²) in [5, 5.41) is 9.09. The minimum Gasteiger partial charge on any atom is -0.389 e. The molecule has 1 aliphatic heterocycles. The van der Waals surface area contributed by atoms with Crippen LogP contribution >= 0.6 is 0 Å². The number of hydrogen-bond acceptors (Lipinski definition) is 2. The van der Waals surface area contributed by atoms with Crippen molar-refractivity contribution < 1.29 is 9.90 Å². The van der Waals surface area contributed by atoms with Gasteiger partial charge in [-0.25, -0.2) is 0 Å². The normalized spacial score (nSPS) is 23.9.